The van der Waals surface area contributed by atoms with E-state index in [1.165, 1.54) is 22.3 Å². The Morgan fingerprint density at radius 1 is 1.33 bits per heavy atom. The molecule has 0 unspecified atom stereocenters. The van der Waals surface area contributed by atoms with E-state index in [0.29, 0.717) is 5.39 Å². The lowest BCUT2D eigenvalue weighted by Gasteiger charge is -2.25. The zero-order chi connectivity index (χ0) is 15.0. The van der Waals surface area contributed by atoms with Crippen molar-refractivity contribution in [2.75, 3.05) is 0 Å². The first-order valence-corrected chi connectivity index (χ1v) is 8.34. The van der Waals surface area contributed by atoms with Gasteiger partial charge in [-0.3, -0.25) is 9.36 Å². The second-order valence-corrected chi connectivity index (χ2v) is 6.81. The maximum atomic E-state index is 12.8. The number of aromatic nitrogens is 1. The number of hydrogen-bond acceptors (Lipinski definition) is 3. The zero-order valence-corrected chi connectivity index (χ0v) is 12.9. The van der Waals surface area contributed by atoms with Crippen LogP contribution in [0.2, 0.25) is 0 Å². The molecule has 1 fully saturated rings. The summed E-state index contributed by atoms with van der Waals surface area (Å²) in [5.41, 5.74) is 0.0108. The molecule has 2 aromatic heterocycles. The van der Waals surface area contributed by atoms with E-state index in [1.54, 1.807) is 6.07 Å². The molecule has 1 aliphatic carbocycles. The van der Waals surface area contributed by atoms with Gasteiger partial charge in [0.2, 0.25) is 0 Å². The highest BCUT2D eigenvalue weighted by Crippen LogP contribution is 2.31. The Balaban J connectivity index is 2.24. The quantitative estimate of drug-likeness (QED) is 0.937. The van der Waals surface area contributed by atoms with Crippen LogP contribution in [0.1, 0.15) is 60.4 Å². The van der Waals surface area contributed by atoms with Gasteiger partial charge in [-0.25, -0.2) is 4.79 Å². The summed E-state index contributed by atoms with van der Waals surface area (Å²) in [4.78, 5) is 25.5. The Labute approximate surface area is 127 Å². The fourth-order valence-corrected chi connectivity index (χ4v) is 4.24. The largest absolute Gasteiger partial charge is 0.477 e. The molecule has 1 N–H and O–H groups in total. The summed E-state index contributed by atoms with van der Waals surface area (Å²) in [6.45, 7) is 2.04. The van der Waals surface area contributed by atoms with Crippen LogP contribution in [0.4, 0.5) is 0 Å². The van der Waals surface area contributed by atoms with Gasteiger partial charge < -0.3 is 5.11 Å². The Kier molecular flexibility index (Phi) is 3.85. The third-order valence-corrected chi connectivity index (χ3v) is 5.52. The molecule has 4 nitrogen and oxygen atoms in total. The van der Waals surface area contributed by atoms with Gasteiger partial charge in [0.1, 0.15) is 5.69 Å². The van der Waals surface area contributed by atoms with Crippen LogP contribution in [0, 0.1) is 0 Å². The summed E-state index contributed by atoms with van der Waals surface area (Å²) >= 11 is 1.52. The average molecular weight is 305 g/mol. The molecule has 0 radical (unpaired) electrons. The molecule has 2 heterocycles. The van der Waals surface area contributed by atoms with Crippen molar-refractivity contribution in [2.24, 2.45) is 0 Å². The van der Waals surface area contributed by atoms with E-state index in [9.17, 15) is 14.7 Å². The van der Waals surface area contributed by atoms with Gasteiger partial charge in [-0.1, -0.05) is 26.2 Å². The van der Waals surface area contributed by atoms with Gasteiger partial charge in [0.15, 0.2) is 0 Å². The molecular weight excluding hydrogens is 286 g/mol. The highest BCUT2D eigenvalue weighted by atomic mass is 32.1. The lowest BCUT2D eigenvalue weighted by Crippen LogP contribution is -2.30. The number of fused-ring (bicyclic) bond motifs is 1. The molecule has 0 atom stereocenters. The number of carbonyl (C=O) groups is 1. The first kappa shape index (κ1) is 14.3. The summed E-state index contributed by atoms with van der Waals surface area (Å²) < 4.78 is 2.33. The van der Waals surface area contributed by atoms with Crippen LogP contribution in [0.25, 0.3) is 10.1 Å². The predicted molar refractivity (Wildman–Crippen MR) is 84.5 cm³/mol. The lowest BCUT2D eigenvalue weighted by molar-refractivity contribution is 0.0679. The van der Waals surface area contributed by atoms with Gasteiger partial charge in [-0.05, 0) is 31.4 Å². The molecule has 0 aliphatic heterocycles. The molecule has 1 saturated carbocycles. The van der Waals surface area contributed by atoms with Crippen molar-refractivity contribution in [3.8, 4) is 0 Å². The second-order valence-electron chi connectivity index (χ2n) is 5.65. The van der Waals surface area contributed by atoms with Crippen LogP contribution in [0.15, 0.2) is 16.9 Å². The van der Waals surface area contributed by atoms with Gasteiger partial charge in [0, 0.05) is 15.6 Å². The first-order chi connectivity index (χ1) is 10.1. The average Bonchev–Trinajstić information content (AvgIpc) is 2.91. The van der Waals surface area contributed by atoms with E-state index in [2.05, 4.69) is 0 Å². The van der Waals surface area contributed by atoms with Gasteiger partial charge >= 0.3 is 5.97 Å². The van der Waals surface area contributed by atoms with Crippen LogP contribution in [0.3, 0.4) is 0 Å². The Morgan fingerprint density at radius 3 is 2.67 bits per heavy atom. The molecule has 2 aromatic rings. The van der Waals surface area contributed by atoms with Gasteiger partial charge in [0.25, 0.3) is 5.56 Å². The number of hydrogen-bond donors (Lipinski definition) is 1. The van der Waals surface area contributed by atoms with Gasteiger partial charge in [-0.15, -0.1) is 11.3 Å². The summed E-state index contributed by atoms with van der Waals surface area (Å²) in [6, 6.07) is 3.64. The van der Waals surface area contributed by atoms with Crippen molar-refractivity contribution in [3.63, 3.8) is 0 Å². The summed E-state index contributed by atoms with van der Waals surface area (Å²) in [5.74, 6) is -1.01. The Morgan fingerprint density at radius 2 is 2.05 bits per heavy atom. The van der Waals surface area contributed by atoms with Crippen molar-refractivity contribution in [3.05, 3.63) is 33.1 Å². The Bertz CT molecular complexity index is 738. The second kappa shape index (κ2) is 5.64. The number of thiophene rings is 1. The minimum absolute atomic E-state index is 0.0340. The summed E-state index contributed by atoms with van der Waals surface area (Å²) in [6.07, 6.45) is 5.97. The monoisotopic (exact) mass is 305 g/mol. The van der Waals surface area contributed by atoms with E-state index >= 15 is 0 Å². The minimum Gasteiger partial charge on any atom is -0.477 e. The normalized spacial score (nSPS) is 16.4. The Hall–Kier alpha value is -1.62. The molecule has 1 aliphatic rings. The van der Waals surface area contributed by atoms with Crippen LogP contribution >= 0.6 is 11.3 Å². The number of aromatic carboxylic acids is 1. The van der Waals surface area contributed by atoms with E-state index in [0.717, 1.165) is 41.7 Å². The molecule has 112 valence electrons. The molecule has 3 rings (SSSR count). The molecule has 21 heavy (non-hydrogen) atoms. The zero-order valence-electron chi connectivity index (χ0n) is 12.1. The number of carboxylic acids is 1. The first-order valence-electron chi connectivity index (χ1n) is 7.53. The van der Waals surface area contributed by atoms with Gasteiger partial charge in [-0.2, -0.15) is 0 Å². The third-order valence-electron chi connectivity index (χ3n) is 4.30. The molecule has 0 amide bonds. The van der Waals surface area contributed by atoms with Crippen molar-refractivity contribution in [2.45, 2.75) is 51.5 Å². The fraction of sp³-hybridized carbons (Fsp3) is 0.500. The van der Waals surface area contributed by atoms with Crippen LogP contribution in [0.5, 0.6) is 0 Å². The van der Waals surface area contributed by atoms with E-state index in [4.69, 9.17) is 0 Å². The lowest BCUT2D eigenvalue weighted by atomic mass is 9.94. The van der Waals surface area contributed by atoms with Crippen LogP contribution < -0.4 is 5.56 Å². The molecule has 0 spiro atoms. The van der Waals surface area contributed by atoms with Crippen LogP contribution in [-0.4, -0.2) is 15.6 Å². The third kappa shape index (κ3) is 2.50. The molecule has 5 heteroatoms. The SMILES string of the molecule is CCc1cc2c(=O)n(C3CCCCC3)c(C(=O)O)cc2s1. The van der Waals surface area contributed by atoms with Crippen LogP contribution in [-0.2, 0) is 6.42 Å². The fourth-order valence-electron chi connectivity index (χ4n) is 3.21. The number of carboxylic acid groups (broad SMARTS) is 1. The number of aryl methyl sites for hydroxylation is 1. The molecule has 0 bridgehead atoms. The van der Waals surface area contributed by atoms with E-state index in [1.807, 2.05) is 13.0 Å². The predicted octanol–water partition coefficient (Wildman–Crippen LogP) is 3.83. The number of pyridine rings is 1. The van der Waals surface area contributed by atoms with E-state index in [-0.39, 0.29) is 17.3 Å². The van der Waals surface area contributed by atoms with Crippen molar-refractivity contribution in [1.82, 2.24) is 4.57 Å². The molecule has 0 aromatic carbocycles. The summed E-state index contributed by atoms with van der Waals surface area (Å²) in [7, 11) is 0. The standard InChI is InChI=1S/C16H19NO3S/c1-2-11-8-12-14(21-11)9-13(16(19)20)17(15(12)18)10-6-4-3-5-7-10/h8-10H,2-7H2,1H3,(H,19,20). The molecular formula is C16H19NO3S. The summed E-state index contributed by atoms with van der Waals surface area (Å²) in [5, 5.41) is 10.2. The maximum absolute atomic E-state index is 12.8. The molecule has 0 saturated heterocycles. The highest BCUT2D eigenvalue weighted by molar-refractivity contribution is 7.19. The minimum atomic E-state index is -1.01. The van der Waals surface area contributed by atoms with Crippen molar-refractivity contribution >= 4 is 27.4 Å². The topological polar surface area (TPSA) is 59.3 Å². The smallest absolute Gasteiger partial charge is 0.352 e. The van der Waals surface area contributed by atoms with Gasteiger partial charge in [0.05, 0.1) is 5.39 Å². The maximum Gasteiger partial charge on any atom is 0.352 e. The van der Waals surface area contributed by atoms with Crippen molar-refractivity contribution < 1.29 is 9.90 Å². The van der Waals surface area contributed by atoms with E-state index < -0.39 is 5.97 Å². The highest BCUT2D eigenvalue weighted by Gasteiger charge is 2.24. The number of nitrogens with zero attached hydrogens (tertiary/aromatic N) is 1. The number of rotatable bonds is 3. The van der Waals surface area contributed by atoms with Crippen molar-refractivity contribution in [1.29, 1.82) is 0 Å².